The fraction of sp³-hybridized carbons (Fsp3) is 0.192. The molecule has 1 N–H and O–H groups in total. The number of rotatable bonds is 9. The van der Waals surface area contributed by atoms with Crippen LogP contribution in [0.2, 0.25) is 0 Å². The average molecular weight is 462 g/mol. The van der Waals surface area contributed by atoms with Crippen LogP contribution < -0.4 is 10.9 Å². The number of aryl methyl sites for hydroxylation is 1. The van der Waals surface area contributed by atoms with Crippen LogP contribution in [0.5, 0.6) is 0 Å². The van der Waals surface area contributed by atoms with Gasteiger partial charge in [0.05, 0.1) is 16.7 Å². The normalized spacial score (nSPS) is 10.9. The van der Waals surface area contributed by atoms with Crippen LogP contribution in [0.15, 0.2) is 88.8 Å². The maximum atomic E-state index is 13.8. The second-order valence-corrected chi connectivity index (χ2v) is 8.56. The number of halogens is 1. The Hall–Kier alpha value is -3.45. The summed E-state index contributed by atoms with van der Waals surface area (Å²) in [4.78, 5) is 30.2. The van der Waals surface area contributed by atoms with Crippen molar-refractivity contribution in [2.24, 2.45) is 0 Å². The van der Waals surface area contributed by atoms with Gasteiger partial charge in [0.25, 0.3) is 5.56 Å². The minimum absolute atomic E-state index is 0.0813. The fourth-order valence-electron chi connectivity index (χ4n) is 3.56. The Morgan fingerprint density at radius 1 is 0.970 bits per heavy atom. The number of hydrogen-bond donors (Lipinski definition) is 1. The number of carbonyl (C=O) groups is 1. The molecule has 0 bridgehead atoms. The Balaban J connectivity index is 1.46. The van der Waals surface area contributed by atoms with E-state index < -0.39 is 0 Å². The summed E-state index contributed by atoms with van der Waals surface area (Å²) >= 11 is 1.22. The van der Waals surface area contributed by atoms with Gasteiger partial charge in [-0.05, 0) is 36.6 Å². The van der Waals surface area contributed by atoms with Crippen molar-refractivity contribution in [3.05, 3.63) is 106 Å². The second-order valence-electron chi connectivity index (χ2n) is 7.61. The SMILES string of the molecule is O=C(CSc1nc2ccccc2c(=O)n1CCCc1ccccc1)NCc1ccccc1F. The van der Waals surface area contributed by atoms with Gasteiger partial charge in [-0.3, -0.25) is 14.2 Å². The summed E-state index contributed by atoms with van der Waals surface area (Å²) in [5, 5.41) is 3.80. The second kappa shape index (κ2) is 10.9. The van der Waals surface area contributed by atoms with Crippen LogP contribution in [0.25, 0.3) is 10.9 Å². The van der Waals surface area contributed by atoms with E-state index in [1.165, 1.54) is 23.4 Å². The summed E-state index contributed by atoms with van der Waals surface area (Å²) < 4.78 is 15.4. The molecule has 1 aromatic heterocycles. The van der Waals surface area contributed by atoms with Crippen molar-refractivity contribution in [1.82, 2.24) is 14.9 Å². The van der Waals surface area contributed by atoms with Gasteiger partial charge >= 0.3 is 0 Å². The first-order valence-corrected chi connectivity index (χ1v) is 11.8. The molecule has 4 aromatic rings. The lowest BCUT2D eigenvalue weighted by Crippen LogP contribution is -2.27. The number of benzene rings is 3. The van der Waals surface area contributed by atoms with Crippen molar-refractivity contribution in [2.45, 2.75) is 31.1 Å². The lowest BCUT2D eigenvalue weighted by Gasteiger charge is -2.13. The number of para-hydroxylation sites is 1. The molecule has 3 aromatic carbocycles. The zero-order valence-corrected chi connectivity index (χ0v) is 18.9. The average Bonchev–Trinajstić information content (AvgIpc) is 2.84. The molecule has 1 heterocycles. The number of carbonyl (C=O) groups excluding carboxylic acids is 1. The van der Waals surface area contributed by atoms with Crippen molar-refractivity contribution < 1.29 is 9.18 Å². The number of nitrogens with one attached hydrogen (secondary N) is 1. The van der Waals surface area contributed by atoms with Gasteiger partial charge in [-0.15, -0.1) is 0 Å². The summed E-state index contributed by atoms with van der Waals surface area (Å²) in [6.07, 6.45) is 1.62. The molecule has 1 amide bonds. The minimum atomic E-state index is -0.353. The molecular weight excluding hydrogens is 437 g/mol. The minimum Gasteiger partial charge on any atom is -0.351 e. The van der Waals surface area contributed by atoms with Crippen molar-refractivity contribution in [3.63, 3.8) is 0 Å². The van der Waals surface area contributed by atoms with Gasteiger partial charge in [-0.1, -0.05) is 72.4 Å². The third kappa shape index (κ3) is 5.87. The number of aromatic nitrogens is 2. The Morgan fingerprint density at radius 2 is 1.70 bits per heavy atom. The predicted octanol–water partition coefficient (Wildman–Crippen LogP) is 4.58. The third-order valence-corrected chi connectivity index (χ3v) is 6.26. The van der Waals surface area contributed by atoms with E-state index in [0.717, 1.165) is 12.8 Å². The highest BCUT2D eigenvalue weighted by atomic mass is 32.2. The van der Waals surface area contributed by atoms with Crippen LogP contribution in [0.4, 0.5) is 4.39 Å². The van der Waals surface area contributed by atoms with Crippen molar-refractivity contribution in [3.8, 4) is 0 Å². The maximum absolute atomic E-state index is 13.8. The summed E-state index contributed by atoms with van der Waals surface area (Å²) in [6.45, 7) is 0.617. The quantitative estimate of drug-likeness (QED) is 0.293. The van der Waals surface area contributed by atoms with Crippen LogP contribution in [0.3, 0.4) is 0 Å². The van der Waals surface area contributed by atoms with Crippen molar-refractivity contribution in [1.29, 1.82) is 0 Å². The lowest BCUT2D eigenvalue weighted by atomic mass is 10.1. The van der Waals surface area contributed by atoms with E-state index in [4.69, 9.17) is 0 Å². The van der Waals surface area contributed by atoms with Gasteiger partial charge in [-0.25, -0.2) is 9.37 Å². The van der Waals surface area contributed by atoms with E-state index in [9.17, 15) is 14.0 Å². The summed E-state index contributed by atoms with van der Waals surface area (Å²) in [7, 11) is 0. The molecular formula is C26H24FN3O2S. The largest absolute Gasteiger partial charge is 0.351 e. The zero-order valence-electron chi connectivity index (χ0n) is 18.0. The van der Waals surface area contributed by atoms with E-state index in [2.05, 4.69) is 22.4 Å². The Morgan fingerprint density at radius 3 is 2.52 bits per heavy atom. The molecule has 0 unspecified atom stereocenters. The van der Waals surface area contributed by atoms with E-state index in [0.29, 0.717) is 28.2 Å². The molecule has 168 valence electrons. The molecule has 0 spiro atoms. The van der Waals surface area contributed by atoms with Crippen LogP contribution in [0, 0.1) is 5.82 Å². The van der Waals surface area contributed by atoms with E-state index in [-0.39, 0.29) is 29.6 Å². The first kappa shape index (κ1) is 22.7. The van der Waals surface area contributed by atoms with Crippen LogP contribution in [-0.2, 0) is 24.3 Å². The standard InChI is InChI=1S/C26H24FN3O2S/c27-22-14-6-4-12-20(22)17-28-24(31)18-33-26-29-23-15-7-5-13-21(23)25(32)30(26)16-8-11-19-9-2-1-3-10-19/h1-7,9-10,12-15H,8,11,16-18H2,(H,28,31). The molecule has 5 nitrogen and oxygen atoms in total. The van der Waals surface area contributed by atoms with Crippen LogP contribution in [-0.4, -0.2) is 21.2 Å². The van der Waals surface area contributed by atoms with Gasteiger partial charge < -0.3 is 5.32 Å². The first-order chi connectivity index (χ1) is 16.1. The molecule has 0 aliphatic carbocycles. The number of thioether (sulfide) groups is 1. The molecule has 0 fully saturated rings. The Kier molecular flexibility index (Phi) is 7.52. The monoisotopic (exact) mass is 461 g/mol. The molecule has 0 radical (unpaired) electrons. The van der Waals surface area contributed by atoms with Gasteiger partial charge in [0.1, 0.15) is 5.82 Å². The number of amides is 1. The highest BCUT2D eigenvalue weighted by Gasteiger charge is 2.13. The number of nitrogens with zero attached hydrogens (tertiary/aromatic N) is 2. The molecule has 7 heteroatoms. The van der Waals surface area contributed by atoms with Crippen LogP contribution in [0.1, 0.15) is 17.5 Å². The van der Waals surface area contributed by atoms with Crippen molar-refractivity contribution in [2.75, 3.05) is 5.75 Å². The fourth-order valence-corrected chi connectivity index (χ4v) is 4.41. The van der Waals surface area contributed by atoms with E-state index in [1.54, 1.807) is 34.9 Å². The smallest absolute Gasteiger partial charge is 0.262 e. The molecule has 33 heavy (non-hydrogen) atoms. The molecule has 0 saturated heterocycles. The molecule has 0 aliphatic heterocycles. The van der Waals surface area contributed by atoms with E-state index >= 15 is 0 Å². The number of fused-ring (bicyclic) bond motifs is 1. The molecule has 4 rings (SSSR count). The van der Waals surface area contributed by atoms with Gasteiger partial charge in [0.15, 0.2) is 5.16 Å². The zero-order chi connectivity index (χ0) is 23.0. The maximum Gasteiger partial charge on any atom is 0.262 e. The highest BCUT2D eigenvalue weighted by Crippen LogP contribution is 2.18. The third-order valence-electron chi connectivity index (χ3n) is 5.28. The highest BCUT2D eigenvalue weighted by molar-refractivity contribution is 7.99. The van der Waals surface area contributed by atoms with Crippen molar-refractivity contribution >= 4 is 28.6 Å². The van der Waals surface area contributed by atoms with Gasteiger partial charge in [0.2, 0.25) is 5.91 Å². The van der Waals surface area contributed by atoms with Crippen LogP contribution >= 0.6 is 11.8 Å². The summed E-state index contributed by atoms with van der Waals surface area (Å²) in [5.74, 6) is -0.520. The Labute approximate surface area is 195 Å². The molecule has 0 atom stereocenters. The lowest BCUT2D eigenvalue weighted by molar-refractivity contribution is -0.118. The van der Waals surface area contributed by atoms with Gasteiger partial charge in [0, 0.05) is 18.7 Å². The number of hydrogen-bond acceptors (Lipinski definition) is 4. The Bertz CT molecular complexity index is 1310. The van der Waals surface area contributed by atoms with E-state index in [1.807, 2.05) is 30.3 Å². The van der Waals surface area contributed by atoms with Gasteiger partial charge in [-0.2, -0.15) is 0 Å². The topological polar surface area (TPSA) is 64.0 Å². The predicted molar refractivity (Wildman–Crippen MR) is 130 cm³/mol. The molecule has 0 saturated carbocycles. The first-order valence-electron chi connectivity index (χ1n) is 10.8. The summed E-state index contributed by atoms with van der Waals surface area (Å²) in [6, 6.07) is 23.7. The molecule has 0 aliphatic rings. The summed E-state index contributed by atoms with van der Waals surface area (Å²) in [5.41, 5.74) is 2.14.